The molecule has 0 bridgehead atoms. The van der Waals surface area contributed by atoms with Crippen LogP contribution in [0.2, 0.25) is 0 Å². The van der Waals surface area contributed by atoms with Crippen molar-refractivity contribution in [1.82, 2.24) is 5.01 Å². The molecule has 1 aliphatic rings. The van der Waals surface area contributed by atoms with Gasteiger partial charge in [0.25, 0.3) is 0 Å². The van der Waals surface area contributed by atoms with Crippen LogP contribution < -0.4 is 16.1 Å². The number of carboxylic acid groups (broad SMARTS) is 1. The van der Waals surface area contributed by atoms with Crippen molar-refractivity contribution < 1.29 is 23.7 Å². The fraction of sp³-hybridized carbons (Fsp3) is 0.111. The van der Waals surface area contributed by atoms with Crippen LogP contribution in [0.25, 0.3) is 0 Å². The van der Waals surface area contributed by atoms with Gasteiger partial charge in [-0.1, -0.05) is 12.1 Å². The number of nitriles is 1. The van der Waals surface area contributed by atoms with E-state index < -0.39 is 29.7 Å². The lowest BCUT2D eigenvalue weighted by atomic mass is 9.82. The van der Waals surface area contributed by atoms with Crippen LogP contribution in [0.4, 0.5) is 4.39 Å². The molecule has 3 rings (SSSR count). The zero-order chi connectivity index (χ0) is 19.7. The van der Waals surface area contributed by atoms with E-state index in [-0.39, 0.29) is 17.0 Å². The van der Waals surface area contributed by atoms with Crippen LogP contribution in [0.5, 0.6) is 0 Å². The second-order valence-electron chi connectivity index (χ2n) is 5.94. The third-order valence-corrected chi connectivity index (χ3v) is 4.37. The summed E-state index contributed by atoms with van der Waals surface area (Å²) in [6, 6.07) is 9.08. The van der Waals surface area contributed by atoms with Gasteiger partial charge in [0.15, 0.2) is 12.4 Å². The fourth-order valence-corrected chi connectivity index (χ4v) is 3.12. The fourth-order valence-electron chi connectivity index (χ4n) is 3.12. The van der Waals surface area contributed by atoms with Crippen molar-refractivity contribution in [2.24, 2.45) is 11.6 Å². The van der Waals surface area contributed by atoms with Crippen LogP contribution in [0, 0.1) is 17.1 Å². The molecule has 8 nitrogen and oxygen atoms in total. The number of carbonyl (C=O) groups is 2. The van der Waals surface area contributed by atoms with Gasteiger partial charge in [-0.3, -0.25) is 4.79 Å². The number of pyridine rings is 1. The second-order valence-corrected chi connectivity index (χ2v) is 5.94. The minimum Gasteiger partial charge on any atom is -0.477 e. The molecule has 136 valence electrons. The van der Waals surface area contributed by atoms with Crippen LogP contribution in [-0.4, -0.2) is 22.0 Å². The molecule has 1 aromatic carbocycles. The monoisotopic (exact) mass is 368 g/mol. The molecule has 2 heterocycles. The number of rotatable bonds is 3. The Labute approximate surface area is 153 Å². The predicted octanol–water partition coefficient (Wildman–Crippen LogP) is 0.546. The Morgan fingerprint density at radius 2 is 2.07 bits per heavy atom. The number of halogens is 1. The van der Waals surface area contributed by atoms with Gasteiger partial charge in [0.1, 0.15) is 17.2 Å². The Bertz CT molecular complexity index is 1010. The van der Waals surface area contributed by atoms with E-state index in [1.165, 1.54) is 47.3 Å². The summed E-state index contributed by atoms with van der Waals surface area (Å²) in [5.74, 6) is 2.17. The molecule has 0 fully saturated rings. The molecule has 2 atom stereocenters. The Balaban J connectivity index is 2.26. The van der Waals surface area contributed by atoms with Gasteiger partial charge in [-0.15, -0.1) is 0 Å². The second kappa shape index (κ2) is 6.86. The maximum atomic E-state index is 13.8. The normalized spacial score (nSPS) is 19.7. The first-order valence-electron chi connectivity index (χ1n) is 7.83. The van der Waals surface area contributed by atoms with Crippen LogP contribution in [0.15, 0.2) is 60.2 Å². The molecule has 2 unspecified atom stereocenters. The average molecular weight is 368 g/mol. The van der Waals surface area contributed by atoms with Crippen molar-refractivity contribution in [1.29, 1.82) is 5.26 Å². The van der Waals surface area contributed by atoms with Gasteiger partial charge in [0.2, 0.25) is 6.04 Å². The highest BCUT2D eigenvalue weighted by atomic mass is 19.1. The Kier molecular flexibility index (Phi) is 4.58. The van der Waals surface area contributed by atoms with E-state index in [0.717, 1.165) is 0 Å². The molecule has 27 heavy (non-hydrogen) atoms. The number of benzene rings is 1. The Morgan fingerprint density at radius 3 is 2.70 bits per heavy atom. The lowest BCUT2D eigenvalue weighted by molar-refractivity contribution is -0.712. The molecular formula is C18H15FN5O3+. The number of nitrogens with two attached hydrogens (primary N) is 2. The van der Waals surface area contributed by atoms with E-state index in [2.05, 4.69) is 0 Å². The molecule has 0 spiro atoms. The topological polar surface area (TPSA) is 137 Å². The maximum absolute atomic E-state index is 13.8. The van der Waals surface area contributed by atoms with E-state index in [1.807, 2.05) is 6.07 Å². The summed E-state index contributed by atoms with van der Waals surface area (Å²) in [5.41, 5.74) is 6.11. The molecule has 0 saturated carbocycles. The first-order valence-corrected chi connectivity index (χ1v) is 7.83. The minimum atomic E-state index is -1.19. The first kappa shape index (κ1) is 18.0. The van der Waals surface area contributed by atoms with Gasteiger partial charge >= 0.3 is 11.9 Å². The first-order chi connectivity index (χ1) is 12.8. The number of hydrogen-bond acceptors (Lipinski definition) is 5. The number of carboxylic acids is 1. The predicted molar refractivity (Wildman–Crippen MR) is 89.6 cm³/mol. The molecule has 5 N–H and O–H groups in total. The number of aromatic nitrogens is 1. The van der Waals surface area contributed by atoms with E-state index >= 15 is 0 Å². The molecule has 0 saturated heterocycles. The standard InChI is InChI=1S/C18H14FN5O3/c19-12-5-1-3-10(7-12)14-13(8-20)16(21)24(22)17(25)15(14)23-6-2-4-11(9-23)18(26)27/h1-7,9,14-15H,21-22H2/p+1. The van der Waals surface area contributed by atoms with Crippen LogP contribution in [0.3, 0.4) is 0 Å². The molecule has 1 aromatic heterocycles. The van der Waals surface area contributed by atoms with E-state index in [4.69, 9.17) is 11.6 Å². The summed E-state index contributed by atoms with van der Waals surface area (Å²) in [6.45, 7) is 0. The van der Waals surface area contributed by atoms with Gasteiger partial charge in [0, 0.05) is 6.07 Å². The van der Waals surface area contributed by atoms with Crippen molar-refractivity contribution in [3.8, 4) is 6.07 Å². The van der Waals surface area contributed by atoms with Crippen molar-refractivity contribution >= 4 is 11.9 Å². The summed E-state index contributed by atoms with van der Waals surface area (Å²) < 4.78 is 15.1. The number of nitrogens with zero attached hydrogens (tertiary/aromatic N) is 3. The molecule has 0 radical (unpaired) electrons. The SMILES string of the molecule is N#CC1=C(N)N(N)C(=O)C([n+]2cccc(C(=O)O)c2)C1c1cccc(F)c1. The number of amides is 1. The number of hydrazine groups is 1. The number of allylic oxidation sites excluding steroid dienone is 1. The highest BCUT2D eigenvalue weighted by Crippen LogP contribution is 2.38. The van der Waals surface area contributed by atoms with Gasteiger partial charge in [-0.2, -0.15) is 9.83 Å². The number of hydrogen-bond donors (Lipinski definition) is 3. The maximum Gasteiger partial charge on any atom is 0.341 e. The number of aromatic carboxylic acids is 1. The van der Waals surface area contributed by atoms with Crippen LogP contribution in [-0.2, 0) is 4.79 Å². The lowest BCUT2D eigenvalue weighted by Crippen LogP contribution is -2.58. The zero-order valence-electron chi connectivity index (χ0n) is 13.9. The van der Waals surface area contributed by atoms with Gasteiger partial charge in [0.05, 0.1) is 17.6 Å². The smallest absolute Gasteiger partial charge is 0.341 e. The third kappa shape index (κ3) is 3.09. The lowest BCUT2D eigenvalue weighted by Gasteiger charge is -2.32. The third-order valence-electron chi connectivity index (χ3n) is 4.37. The summed E-state index contributed by atoms with van der Waals surface area (Å²) in [5, 5.41) is 19.5. The number of carbonyl (C=O) groups excluding carboxylic acids is 1. The molecular weight excluding hydrogens is 353 g/mol. The molecule has 0 aliphatic carbocycles. The van der Waals surface area contributed by atoms with E-state index in [0.29, 0.717) is 10.6 Å². The summed E-state index contributed by atoms with van der Waals surface area (Å²) >= 11 is 0. The van der Waals surface area contributed by atoms with Gasteiger partial charge in [-0.05, 0) is 23.8 Å². The van der Waals surface area contributed by atoms with E-state index in [9.17, 15) is 24.3 Å². The molecule has 1 amide bonds. The quantitative estimate of drug-likeness (QED) is 0.411. The molecule has 2 aromatic rings. The summed E-state index contributed by atoms with van der Waals surface area (Å²) in [6.07, 6.45) is 2.73. The Hall–Kier alpha value is -3.77. The van der Waals surface area contributed by atoms with Gasteiger partial charge in [-0.25, -0.2) is 20.0 Å². The highest BCUT2D eigenvalue weighted by Gasteiger charge is 2.48. The summed E-state index contributed by atoms with van der Waals surface area (Å²) in [4.78, 5) is 24.1. The zero-order valence-corrected chi connectivity index (χ0v) is 13.9. The van der Waals surface area contributed by atoms with Crippen molar-refractivity contribution in [3.05, 3.63) is 77.1 Å². The molecule has 1 aliphatic heterocycles. The highest BCUT2D eigenvalue weighted by molar-refractivity contribution is 5.87. The van der Waals surface area contributed by atoms with Gasteiger partial charge < -0.3 is 10.8 Å². The molecule has 9 heteroatoms. The van der Waals surface area contributed by atoms with E-state index in [1.54, 1.807) is 6.07 Å². The van der Waals surface area contributed by atoms with Crippen LogP contribution in [0.1, 0.15) is 27.9 Å². The van der Waals surface area contributed by atoms with Crippen molar-refractivity contribution in [3.63, 3.8) is 0 Å². The van der Waals surface area contributed by atoms with Crippen LogP contribution >= 0.6 is 0 Å². The average Bonchev–Trinajstić information content (AvgIpc) is 2.66. The largest absolute Gasteiger partial charge is 0.477 e. The minimum absolute atomic E-state index is 0.0130. The summed E-state index contributed by atoms with van der Waals surface area (Å²) in [7, 11) is 0. The van der Waals surface area contributed by atoms with Crippen molar-refractivity contribution in [2.75, 3.05) is 0 Å². The van der Waals surface area contributed by atoms with Crippen molar-refractivity contribution in [2.45, 2.75) is 12.0 Å². The Morgan fingerprint density at radius 1 is 1.33 bits per heavy atom.